The molecule has 1 atom stereocenters. The van der Waals surface area contributed by atoms with E-state index in [4.69, 9.17) is 16.3 Å². The molecule has 2 N–H and O–H groups in total. The molecule has 0 spiro atoms. The highest BCUT2D eigenvalue weighted by Crippen LogP contribution is 2.27. The number of methoxy groups -OCH3 is 1. The van der Waals surface area contributed by atoms with E-state index in [0.717, 1.165) is 25.8 Å². The molecule has 4 nitrogen and oxygen atoms in total. The molecule has 0 aromatic heterocycles. The third-order valence-electron chi connectivity index (χ3n) is 3.05. The van der Waals surface area contributed by atoms with Gasteiger partial charge in [0.25, 0.3) is 0 Å². The zero-order valence-electron chi connectivity index (χ0n) is 10.3. The van der Waals surface area contributed by atoms with E-state index in [1.165, 1.54) is 0 Å². The van der Waals surface area contributed by atoms with Crippen LogP contribution in [0.25, 0.3) is 0 Å². The number of amides is 1. The first kappa shape index (κ1) is 13.2. The first-order valence-corrected chi connectivity index (χ1v) is 6.46. The van der Waals surface area contributed by atoms with Gasteiger partial charge in [-0.1, -0.05) is 18.0 Å². The van der Waals surface area contributed by atoms with Crippen molar-refractivity contribution in [3.8, 4) is 5.75 Å². The topological polar surface area (TPSA) is 50.4 Å². The molecule has 1 heterocycles. The highest BCUT2D eigenvalue weighted by atomic mass is 35.5. The van der Waals surface area contributed by atoms with Crippen molar-refractivity contribution in [2.24, 2.45) is 0 Å². The van der Waals surface area contributed by atoms with Crippen LogP contribution >= 0.6 is 11.6 Å². The molecule has 1 aliphatic rings. The standard InChI is InChI=1S/C13H17ClN2O2/c1-18-12-6-5-9(8-10(12)14)16-13(17)11-4-2-3-7-15-11/h5-6,8,11,15H,2-4,7H2,1H3,(H,16,17)/t11-/m0/s1. The van der Waals surface area contributed by atoms with Crippen LogP contribution in [0.5, 0.6) is 5.75 Å². The Hall–Kier alpha value is -1.26. The number of rotatable bonds is 3. The van der Waals surface area contributed by atoms with Crippen LogP contribution in [-0.4, -0.2) is 25.6 Å². The summed E-state index contributed by atoms with van der Waals surface area (Å²) in [6.07, 6.45) is 3.11. The van der Waals surface area contributed by atoms with Crippen LogP contribution in [0, 0.1) is 0 Å². The Labute approximate surface area is 112 Å². The maximum atomic E-state index is 12.0. The van der Waals surface area contributed by atoms with E-state index in [-0.39, 0.29) is 11.9 Å². The maximum absolute atomic E-state index is 12.0. The summed E-state index contributed by atoms with van der Waals surface area (Å²) in [5.41, 5.74) is 0.693. The van der Waals surface area contributed by atoms with Crippen LogP contribution in [0.3, 0.4) is 0 Å². The van der Waals surface area contributed by atoms with Crippen molar-refractivity contribution in [2.45, 2.75) is 25.3 Å². The third kappa shape index (κ3) is 3.15. The van der Waals surface area contributed by atoms with Crippen molar-refractivity contribution in [1.82, 2.24) is 5.32 Å². The van der Waals surface area contributed by atoms with E-state index in [9.17, 15) is 4.79 Å². The number of carbonyl (C=O) groups excluding carboxylic acids is 1. The Bertz CT molecular complexity index is 431. The molecule has 98 valence electrons. The van der Waals surface area contributed by atoms with Crippen molar-refractivity contribution in [1.29, 1.82) is 0 Å². The molecule has 1 aliphatic heterocycles. The van der Waals surface area contributed by atoms with Crippen LogP contribution in [0.1, 0.15) is 19.3 Å². The summed E-state index contributed by atoms with van der Waals surface area (Å²) < 4.78 is 5.06. The molecule has 0 aliphatic carbocycles. The van der Waals surface area contributed by atoms with Gasteiger partial charge in [0.15, 0.2) is 0 Å². The minimum Gasteiger partial charge on any atom is -0.495 e. The SMILES string of the molecule is COc1ccc(NC(=O)[C@@H]2CCCCN2)cc1Cl. The quantitative estimate of drug-likeness (QED) is 0.885. The van der Waals surface area contributed by atoms with E-state index in [1.807, 2.05) is 0 Å². The molecule has 1 aromatic carbocycles. The van der Waals surface area contributed by atoms with Crippen molar-refractivity contribution < 1.29 is 9.53 Å². The number of nitrogens with one attached hydrogen (secondary N) is 2. The Morgan fingerprint density at radius 1 is 1.50 bits per heavy atom. The lowest BCUT2D eigenvalue weighted by molar-refractivity contribution is -0.118. The minimum atomic E-state index is -0.0976. The number of carbonyl (C=O) groups is 1. The van der Waals surface area contributed by atoms with E-state index < -0.39 is 0 Å². The van der Waals surface area contributed by atoms with Crippen LogP contribution < -0.4 is 15.4 Å². The van der Waals surface area contributed by atoms with Crippen molar-refractivity contribution >= 4 is 23.2 Å². The minimum absolute atomic E-state index is 0.00377. The van der Waals surface area contributed by atoms with E-state index in [0.29, 0.717) is 16.5 Å². The molecule has 0 saturated carbocycles. The Balaban J connectivity index is 2.00. The van der Waals surface area contributed by atoms with Crippen molar-refractivity contribution in [3.63, 3.8) is 0 Å². The van der Waals surface area contributed by atoms with Gasteiger partial charge in [-0.15, -0.1) is 0 Å². The second kappa shape index (κ2) is 6.07. The molecule has 1 saturated heterocycles. The van der Waals surface area contributed by atoms with Crippen LogP contribution in [-0.2, 0) is 4.79 Å². The molecule has 0 unspecified atom stereocenters. The largest absolute Gasteiger partial charge is 0.495 e. The van der Waals surface area contributed by atoms with Gasteiger partial charge in [-0.2, -0.15) is 0 Å². The van der Waals surface area contributed by atoms with Crippen molar-refractivity contribution in [3.05, 3.63) is 23.2 Å². The first-order chi connectivity index (χ1) is 8.70. The molecular formula is C13H17ClN2O2. The molecule has 0 bridgehead atoms. The summed E-state index contributed by atoms with van der Waals surface area (Å²) in [5.74, 6) is 0.599. The average molecular weight is 269 g/mol. The number of hydrogen-bond donors (Lipinski definition) is 2. The lowest BCUT2D eigenvalue weighted by atomic mass is 10.0. The third-order valence-corrected chi connectivity index (χ3v) is 3.34. The summed E-state index contributed by atoms with van der Waals surface area (Å²) in [5, 5.41) is 6.56. The van der Waals surface area contributed by atoms with Gasteiger partial charge in [0.05, 0.1) is 18.2 Å². The number of halogens is 1. The second-order valence-electron chi connectivity index (χ2n) is 4.34. The highest BCUT2D eigenvalue weighted by molar-refractivity contribution is 6.32. The van der Waals surface area contributed by atoms with Gasteiger partial charge in [-0.25, -0.2) is 0 Å². The number of ether oxygens (including phenoxy) is 1. The summed E-state index contributed by atoms with van der Waals surface area (Å²) in [7, 11) is 1.56. The predicted molar refractivity (Wildman–Crippen MR) is 72.3 cm³/mol. The van der Waals surface area contributed by atoms with Crippen molar-refractivity contribution in [2.75, 3.05) is 19.0 Å². The smallest absolute Gasteiger partial charge is 0.241 e. The van der Waals surface area contributed by atoms with E-state index in [2.05, 4.69) is 10.6 Å². The van der Waals surface area contributed by atoms with Gasteiger partial charge < -0.3 is 15.4 Å². The second-order valence-corrected chi connectivity index (χ2v) is 4.75. The number of piperidine rings is 1. The molecule has 1 fully saturated rings. The van der Waals surface area contributed by atoms with Crippen LogP contribution in [0.2, 0.25) is 5.02 Å². The van der Waals surface area contributed by atoms with Gasteiger partial charge in [0, 0.05) is 5.69 Å². The Morgan fingerprint density at radius 2 is 2.33 bits per heavy atom. The van der Waals surface area contributed by atoms with Crippen LogP contribution in [0.4, 0.5) is 5.69 Å². The van der Waals surface area contributed by atoms with Gasteiger partial charge in [0.1, 0.15) is 5.75 Å². The van der Waals surface area contributed by atoms with Gasteiger partial charge in [-0.3, -0.25) is 4.79 Å². The molecule has 18 heavy (non-hydrogen) atoms. The zero-order chi connectivity index (χ0) is 13.0. The molecule has 0 radical (unpaired) electrons. The maximum Gasteiger partial charge on any atom is 0.241 e. The molecule has 2 rings (SSSR count). The summed E-state index contributed by atoms with van der Waals surface area (Å²) >= 11 is 6.01. The number of benzene rings is 1. The number of hydrogen-bond acceptors (Lipinski definition) is 3. The highest BCUT2D eigenvalue weighted by Gasteiger charge is 2.20. The molecule has 5 heteroatoms. The zero-order valence-corrected chi connectivity index (χ0v) is 11.1. The lowest BCUT2D eigenvalue weighted by Crippen LogP contribution is -2.43. The fourth-order valence-corrected chi connectivity index (χ4v) is 2.31. The Kier molecular flexibility index (Phi) is 4.44. The summed E-state index contributed by atoms with van der Waals surface area (Å²) in [6, 6.07) is 5.12. The van der Waals surface area contributed by atoms with Gasteiger partial charge in [-0.05, 0) is 37.6 Å². The molecule has 1 aromatic rings. The lowest BCUT2D eigenvalue weighted by Gasteiger charge is -2.22. The molecule has 1 amide bonds. The fraction of sp³-hybridized carbons (Fsp3) is 0.462. The summed E-state index contributed by atoms with van der Waals surface area (Å²) in [4.78, 5) is 12.0. The van der Waals surface area contributed by atoms with E-state index in [1.54, 1.807) is 25.3 Å². The normalized spacial score (nSPS) is 19.3. The number of anilines is 1. The summed E-state index contributed by atoms with van der Waals surface area (Å²) in [6.45, 7) is 0.904. The fourth-order valence-electron chi connectivity index (χ4n) is 2.05. The molecular weight excluding hydrogens is 252 g/mol. The Morgan fingerprint density at radius 3 is 2.94 bits per heavy atom. The van der Waals surface area contributed by atoms with Crippen LogP contribution in [0.15, 0.2) is 18.2 Å². The first-order valence-electron chi connectivity index (χ1n) is 6.08. The monoisotopic (exact) mass is 268 g/mol. The van der Waals surface area contributed by atoms with Gasteiger partial charge in [0.2, 0.25) is 5.91 Å². The average Bonchev–Trinajstić information content (AvgIpc) is 2.40. The van der Waals surface area contributed by atoms with Gasteiger partial charge >= 0.3 is 0 Å². The van der Waals surface area contributed by atoms with E-state index >= 15 is 0 Å². The predicted octanol–water partition coefficient (Wildman–Crippen LogP) is 2.43.